The molecule has 0 aromatic carbocycles. The summed E-state index contributed by atoms with van der Waals surface area (Å²) in [6.07, 6.45) is 8.32. The summed E-state index contributed by atoms with van der Waals surface area (Å²) in [7, 11) is -4.30. The van der Waals surface area contributed by atoms with E-state index in [-0.39, 0.29) is 19.6 Å². The highest BCUT2D eigenvalue weighted by Gasteiger charge is 2.69. The zero-order chi connectivity index (χ0) is 39.4. The van der Waals surface area contributed by atoms with E-state index in [1.54, 1.807) is 6.08 Å². The van der Waals surface area contributed by atoms with Crippen molar-refractivity contribution in [2.45, 2.75) is 163 Å². The largest absolute Gasteiger partial charge is 0.481 e. The summed E-state index contributed by atoms with van der Waals surface area (Å²) in [5, 5.41) is 23.2. The molecule has 1 aliphatic rings. The van der Waals surface area contributed by atoms with Gasteiger partial charge in [0.25, 0.3) is 0 Å². The molecule has 7 atom stereocenters. The van der Waals surface area contributed by atoms with E-state index in [1.807, 2.05) is 48.5 Å². The third-order valence-electron chi connectivity index (χ3n) is 10.5. The van der Waals surface area contributed by atoms with Gasteiger partial charge in [0.15, 0.2) is 0 Å². The van der Waals surface area contributed by atoms with Crippen LogP contribution in [0.3, 0.4) is 0 Å². The van der Waals surface area contributed by atoms with Gasteiger partial charge in [0, 0.05) is 27.5 Å². The van der Waals surface area contributed by atoms with Gasteiger partial charge in [-0.05, 0) is 47.5 Å². The topological polar surface area (TPSA) is 144 Å². The number of aliphatic carboxylic acids is 1. The second kappa shape index (κ2) is 20.8. The summed E-state index contributed by atoms with van der Waals surface area (Å²) in [5.74, 6) is -4.74. The third kappa shape index (κ3) is 12.5. The Morgan fingerprint density at radius 3 is 1.61 bits per heavy atom. The molecule has 0 aromatic rings. The van der Waals surface area contributed by atoms with Crippen molar-refractivity contribution in [1.82, 2.24) is 0 Å². The molecule has 0 spiro atoms. The molecule has 0 saturated carbocycles. The van der Waals surface area contributed by atoms with Crippen LogP contribution < -0.4 is 0 Å². The lowest BCUT2D eigenvalue weighted by molar-refractivity contribution is -0.144. The van der Waals surface area contributed by atoms with Gasteiger partial charge < -0.3 is 19.7 Å². The lowest BCUT2D eigenvalue weighted by Gasteiger charge is -2.61. The molecule has 11 heteroatoms. The van der Waals surface area contributed by atoms with Crippen LogP contribution in [0.15, 0.2) is 11.6 Å². The highest BCUT2D eigenvalue weighted by Crippen LogP contribution is 2.60. The maximum absolute atomic E-state index is 15.0. The number of carbonyl (C=O) groups is 3. The van der Waals surface area contributed by atoms with Crippen molar-refractivity contribution in [1.29, 1.82) is 0 Å². The Morgan fingerprint density at radius 1 is 0.784 bits per heavy atom. The van der Waals surface area contributed by atoms with Gasteiger partial charge in [-0.1, -0.05) is 134 Å². The first kappa shape index (κ1) is 47.4. The van der Waals surface area contributed by atoms with Crippen molar-refractivity contribution in [3.63, 3.8) is 0 Å². The standard InChI is InChI=1S/C40H72O9S2/c1-13-20-32-39(30(6)36(44)45,50(46)26-33(41)48-23-18-14-16-21-28(2)3)25-31(37(7,8)9)35(43)40(32,38(10,11)12)51(47)27-34(42)49-24-19-15-17-22-29(4)5/h25,28-30,32,35,43H,13-24,26-27H2,1-12H3,(H,44,45). The Balaban J connectivity index is 3.76. The van der Waals surface area contributed by atoms with Crippen molar-refractivity contribution in [2.75, 3.05) is 24.7 Å². The second-order valence-corrected chi connectivity index (χ2v) is 20.8. The molecular formula is C40H72O9S2. The van der Waals surface area contributed by atoms with Gasteiger partial charge >= 0.3 is 17.9 Å². The van der Waals surface area contributed by atoms with Crippen LogP contribution in [0.1, 0.15) is 147 Å². The number of hydrogen-bond acceptors (Lipinski definition) is 8. The molecule has 0 aromatic heterocycles. The Bertz CT molecular complexity index is 1210. The summed E-state index contributed by atoms with van der Waals surface area (Å²) in [4.78, 5) is 39.6. The minimum atomic E-state index is -2.18. The Kier molecular flexibility index (Phi) is 19.3. The average Bonchev–Trinajstić information content (AvgIpc) is 2.99. The summed E-state index contributed by atoms with van der Waals surface area (Å²) in [6.45, 7) is 23.4. The fourth-order valence-electron chi connectivity index (χ4n) is 7.71. The number of ether oxygens (including phenoxy) is 2. The van der Waals surface area contributed by atoms with Gasteiger partial charge in [-0.25, -0.2) is 0 Å². The van der Waals surface area contributed by atoms with E-state index in [0.717, 1.165) is 38.5 Å². The van der Waals surface area contributed by atoms with Crippen LogP contribution in [0.4, 0.5) is 0 Å². The lowest BCUT2D eigenvalue weighted by Crippen LogP contribution is -2.72. The molecule has 7 unspecified atom stereocenters. The van der Waals surface area contributed by atoms with Crippen LogP contribution in [0.5, 0.6) is 0 Å². The van der Waals surface area contributed by atoms with Crippen molar-refractivity contribution < 1.29 is 42.5 Å². The minimum absolute atomic E-state index is 0.172. The summed E-state index contributed by atoms with van der Waals surface area (Å²) in [5.41, 5.74) is -1.39. The van der Waals surface area contributed by atoms with E-state index < -0.39 is 89.3 Å². The molecule has 0 amide bonds. The van der Waals surface area contributed by atoms with Crippen molar-refractivity contribution in [3.05, 3.63) is 11.6 Å². The maximum atomic E-state index is 15.0. The van der Waals surface area contributed by atoms with Crippen LogP contribution in [0.25, 0.3) is 0 Å². The van der Waals surface area contributed by atoms with E-state index in [0.29, 0.717) is 36.7 Å². The number of rotatable bonds is 22. The molecule has 1 rings (SSSR count). The molecule has 51 heavy (non-hydrogen) atoms. The zero-order valence-electron chi connectivity index (χ0n) is 33.9. The number of aliphatic hydroxyl groups is 1. The third-order valence-corrected chi connectivity index (χ3v) is 14.9. The predicted molar refractivity (Wildman–Crippen MR) is 208 cm³/mol. The summed E-state index contributed by atoms with van der Waals surface area (Å²) >= 11 is 0. The first-order valence-corrected chi connectivity index (χ1v) is 21.9. The Hall–Kier alpha value is -1.59. The van der Waals surface area contributed by atoms with Gasteiger partial charge in [0.05, 0.1) is 34.7 Å². The Morgan fingerprint density at radius 2 is 1.24 bits per heavy atom. The van der Waals surface area contributed by atoms with Crippen LogP contribution in [0, 0.1) is 34.5 Å². The van der Waals surface area contributed by atoms with E-state index >= 15 is 4.21 Å². The molecule has 298 valence electrons. The highest BCUT2D eigenvalue weighted by atomic mass is 32.2. The Labute approximate surface area is 314 Å². The van der Waals surface area contributed by atoms with Gasteiger partial charge in [-0.3, -0.25) is 22.8 Å². The molecule has 0 heterocycles. The number of carboxylic acid groups (broad SMARTS) is 1. The van der Waals surface area contributed by atoms with Crippen LogP contribution in [-0.4, -0.2) is 76.9 Å². The first-order chi connectivity index (χ1) is 23.5. The number of aliphatic hydroxyl groups excluding tert-OH is 1. The van der Waals surface area contributed by atoms with E-state index in [2.05, 4.69) is 27.7 Å². The van der Waals surface area contributed by atoms with E-state index in [9.17, 15) is 28.8 Å². The van der Waals surface area contributed by atoms with Crippen molar-refractivity contribution in [3.8, 4) is 0 Å². The fraction of sp³-hybridized carbons (Fsp3) is 0.875. The van der Waals surface area contributed by atoms with Gasteiger partial charge in [0.1, 0.15) is 11.5 Å². The molecule has 9 nitrogen and oxygen atoms in total. The van der Waals surface area contributed by atoms with E-state index in [1.165, 1.54) is 6.92 Å². The normalized spacial score (nSPS) is 24.6. The summed E-state index contributed by atoms with van der Waals surface area (Å²) < 4.78 is 37.7. The van der Waals surface area contributed by atoms with Gasteiger partial charge in [-0.15, -0.1) is 0 Å². The van der Waals surface area contributed by atoms with Crippen LogP contribution >= 0.6 is 0 Å². The molecule has 0 saturated heterocycles. The lowest BCUT2D eigenvalue weighted by atomic mass is 9.55. The number of carboxylic acids is 1. The molecule has 1 aliphatic carbocycles. The van der Waals surface area contributed by atoms with Gasteiger partial charge in [0.2, 0.25) is 0 Å². The molecular weight excluding hydrogens is 689 g/mol. The quantitative estimate of drug-likeness (QED) is 0.0637. The SMILES string of the molecule is CCCC1C(C(C)C(=O)O)(S(=O)CC(=O)OCCCCCC(C)C)C=C(C(C)(C)C)C(O)C1(S(=O)CC(=O)OCCCCCC(C)C)C(C)(C)C. The average molecular weight is 761 g/mol. The highest BCUT2D eigenvalue weighted by molar-refractivity contribution is 7.88. The van der Waals surface area contributed by atoms with Crippen LogP contribution in [-0.2, 0) is 45.5 Å². The van der Waals surface area contributed by atoms with Crippen LogP contribution in [0.2, 0.25) is 0 Å². The minimum Gasteiger partial charge on any atom is -0.481 e. The molecule has 0 aliphatic heterocycles. The predicted octanol–water partition coefficient (Wildman–Crippen LogP) is 8.01. The molecule has 0 fully saturated rings. The molecule has 0 radical (unpaired) electrons. The maximum Gasteiger partial charge on any atom is 0.318 e. The monoisotopic (exact) mass is 760 g/mol. The smallest absolute Gasteiger partial charge is 0.318 e. The van der Waals surface area contributed by atoms with Crippen molar-refractivity contribution >= 4 is 39.5 Å². The first-order valence-electron chi connectivity index (χ1n) is 19.2. The molecule has 0 bridgehead atoms. The van der Waals surface area contributed by atoms with E-state index in [4.69, 9.17) is 9.47 Å². The number of unbranched alkanes of at least 4 members (excludes halogenated alkanes) is 4. The second-order valence-electron chi connectivity index (χ2n) is 17.5. The number of hydrogen-bond donors (Lipinski definition) is 2. The van der Waals surface area contributed by atoms with Gasteiger partial charge in [-0.2, -0.15) is 0 Å². The molecule has 2 N–H and O–H groups in total. The number of esters is 2. The fourth-order valence-corrected chi connectivity index (χ4v) is 11.9. The number of carbonyl (C=O) groups excluding carboxylic acids is 2. The summed E-state index contributed by atoms with van der Waals surface area (Å²) in [6, 6.07) is 0. The zero-order valence-corrected chi connectivity index (χ0v) is 35.6. The van der Waals surface area contributed by atoms with Crippen molar-refractivity contribution in [2.24, 2.45) is 34.5 Å².